The monoisotopic (exact) mass is 247 g/mol. The van der Waals surface area contributed by atoms with Crippen molar-refractivity contribution >= 4 is 11.3 Å². The fraction of sp³-hybridized carbons (Fsp3) is 0.111. The molecule has 0 fully saturated rings. The average Bonchev–Trinajstić information content (AvgIpc) is 2.57. The van der Waals surface area contributed by atoms with Gasteiger partial charge in [0.1, 0.15) is 0 Å². The van der Waals surface area contributed by atoms with E-state index < -0.39 is 0 Å². The molecule has 0 spiro atoms. The van der Waals surface area contributed by atoms with Gasteiger partial charge >= 0.3 is 48.4 Å². The molecule has 0 radical (unpaired) electrons. The molecule has 1 aliphatic carbocycles. The summed E-state index contributed by atoms with van der Waals surface area (Å²) >= 11 is 3.82. The van der Waals surface area contributed by atoms with Gasteiger partial charge < -0.3 is 0 Å². The van der Waals surface area contributed by atoms with Crippen LogP contribution in [0.3, 0.4) is 0 Å². The number of hydrogen-bond donors (Lipinski definition) is 0. The third kappa shape index (κ3) is 4.34. The molecular weight excluding hydrogens is 236 g/mol. The van der Waals surface area contributed by atoms with E-state index in [-0.39, 0.29) is 0 Å². The molecule has 1 heterocycles. The maximum atomic E-state index is 2.17. The summed E-state index contributed by atoms with van der Waals surface area (Å²) in [6.45, 7) is 0. The van der Waals surface area contributed by atoms with Crippen LogP contribution in [0.2, 0.25) is 4.31 Å². The number of hydrogen-bond acceptors (Lipinski definition) is 1. The van der Waals surface area contributed by atoms with E-state index >= 15 is 0 Å². The first-order valence-corrected chi connectivity index (χ1v) is 5.48. The maximum absolute atomic E-state index is 2.17. The van der Waals surface area contributed by atoms with Crippen LogP contribution in [-0.2, 0) is 19.8 Å². The van der Waals surface area contributed by atoms with Gasteiger partial charge in [-0.2, -0.15) is 11.3 Å². The molecule has 1 aromatic heterocycles. The molecule has 2 rings (SSSR count). The molecule has 0 saturated carbocycles. The molecule has 0 N–H and O–H groups in total. The van der Waals surface area contributed by atoms with Crippen molar-refractivity contribution in [2.24, 2.45) is 0 Å². The number of allylic oxidation sites excluding steroid dienone is 4. The topological polar surface area (TPSA) is 0 Å². The minimum atomic E-state index is 0.695. The Bertz CT molecular complexity index is 195. The summed E-state index contributed by atoms with van der Waals surface area (Å²) < 4.78 is 0.695. The predicted octanol–water partition coefficient (Wildman–Crippen LogP) is 3.20. The van der Waals surface area contributed by atoms with Crippen LogP contribution in [-0.4, -0.2) is 0 Å². The summed E-state index contributed by atoms with van der Waals surface area (Å²) in [6.07, 6.45) is 8.50. The Morgan fingerprint density at radius 2 is 1.55 bits per heavy atom. The van der Waals surface area contributed by atoms with Gasteiger partial charge in [-0.25, -0.2) is 0 Å². The first-order chi connectivity index (χ1) is 5.39. The molecule has 0 unspecified atom stereocenters. The zero-order valence-electron chi connectivity index (χ0n) is 6.01. The Labute approximate surface area is 82.5 Å². The summed E-state index contributed by atoms with van der Waals surface area (Å²) in [6, 6.07) is 4.04. The zero-order chi connectivity index (χ0) is 7.94. The Morgan fingerprint density at radius 1 is 1.00 bits per heavy atom. The van der Waals surface area contributed by atoms with Gasteiger partial charge in [0.2, 0.25) is 0 Å². The fourth-order valence-electron chi connectivity index (χ4n) is 0.638. The molecule has 0 saturated heterocycles. The Kier molecular flexibility index (Phi) is 4.49. The SMILES string of the molecule is [Mo][CH]1C=CC=C1.c1ccsc1. The van der Waals surface area contributed by atoms with E-state index in [0.717, 1.165) is 0 Å². The van der Waals surface area contributed by atoms with Crippen molar-refractivity contribution in [3.05, 3.63) is 47.2 Å². The van der Waals surface area contributed by atoms with E-state index in [2.05, 4.69) is 44.1 Å². The minimum absolute atomic E-state index is 0.695. The van der Waals surface area contributed by atoms with Crippen LogP contribution in [0.15, 0.2) is 47.2 Å². The van der Waals surface area contributed by atoms with Crippen LogP contribution >= 0.6 is 11.3 Å². The van der Waals surface area contributed by atoms with Gasteiger partial charge in [-0.05, 0) is 10.8 Å². The molecule has 0 atom stereocenters. The molecule has 57 valence electrons. The van der Waals surface area contributed by atoms with Gasteiger partial charge in [0, 0.05) is 0 Å². The second-order valence-electron chi connectivity index (χ2n) is 2.03. The van der Waals surface area contributed by atoms with Gasteiger partial charge in [0.15, 0.2) is 0 Å². The van der Waals surface area contributed by atoms with E-state index in [1.165, 1.54) is 0 Å². The van der Waals surface area contributed by atoms with Crippen LogP contribution in [0.25, 0.3) is 0 Å². The number of rotatable bonds is 0. The first kappa shape index (κ1) is 8.96. The van der Waals surface area contributed by atoms with Crippen LogP contribution in [0.5, 0.6) is 0 Å². The van der Waals surface area contributed by atoms with Crippen molar-refractivity contribution in [2.75, 3.05) is 0 Å². The third-order valence-corrected chi connectivity index (χ3v) is 2.54. The summed E-state index contributed by atoms with van der Waals surface area (Å²) in [5.41, 5.74) is 0. The van der Waals surface area contributed by atoms with Gasteiger partial charge in [-0.15, -0.1) is 0 Å². The van der Waals surface area contributed by atoms with Gasteiger partial charge in [-0.1, -0.05) is 12.1 Å². The Morgan fingerprint density at radius 3 is 1.73 bits per heavy atom. The molecule has 1 aliphatic rings. The summed E-state index contributed by atoms with van der Waals surface area (Å²) in [7, 11) is 0. The van der Waals surface area contributed by atoms with Gasteiger partial charge in [0.25, 0.3) is 0 Å². The molecule has 0 nitrogen and oxygen atoms in total. The standard InChI is InChI=1S/C5H5.C4H4S.Mo/c2*1-2-4-5-3-1;/h1-5H;1-4H;. The largest absolute Gasteiger partial charge is 0.152 e. The summed E-state index contributed by atoms with van der Waals surface area (Å²) in [5.74, 6) is 0. The van der Waals surface area contributed by atoms with Crippen molar-refractivity contribution < 1.29 is 19.8 Å². The molecular formula is C9H9MoS. The molecule has 0 amide bonds. The van der Waals surface area contributed by atoms with Gasteiger partial charge in [-0.3, -0.25) is 0 Å². The van der Waals surface area contributed by atoms with Crippen molar-refractivity contribution in [1.82, 2.24) is 0 Å². The van der Waals surface area contributed by atoms with E-state index in [1.54, 1.807) is 11.3 Å². The van der Waals surface area contributed by atoms with Crippen LogP contribution < -0.4 is 0 Å². The van der Waals surface area contributed by atoms with Crippen LogP contribution in [0, 0.1) is 0 Å². The van der Waals surface area contributed by atoms with Gasteiger partial charge in [0.05, 0.1) is 0 Å². The fourth-order valence-corrected chi connectivity index (χ4v) is 1.54. The molecule has 0 aliphatic heterocycles. The predicted molar refractivity (Wildman–Crippen MR) is 46.3 cm³/mol. The second-order valence-corrected chi connectivity index (χ2v) is 4.18. The smallest absolute Gasteiger partial charge is 0.00934 e. The zero-order valence-corrected chi connectivity index (χ0v) is 8.84. The van der Waals surface area contributed by atoms with Crippen molar-refractivity contribution in [3.63, 3.8) is 0 Å². The maximum Gasteiger partial charge on any atom is -0.00934 e. The normalized spacial score (nSPS) is 14.5. The van der Waals surface area contributed by atoms with E-state index in [4.69, 9.17) is 0 Å². The third-order valence-electron chi connectivity index (χ3n) is 1.14. The van der Waals surface area contributed by atoms with Crippen molar-refractivity contribution in [2.45, 2.75) is 4.31 Å². The van der Waals surface area contributed by atoms with Crippen molar-refractivity contribution in [3.8, 4) is 0 Å². The quantitative estimate of drug-likeness (QED) is 0.616. The second kappa shape index (κ2) is 5.51. The Hall–Kier alpha value is -0.132. The van der Waals surface area contributed by atoms with E-state index in [9.17, 15) is 0 Å². The molecule has 0 bridgehead atoms. The van der Waals surface area contributed by atoms with Crippen LogP contribution in [0.1, 0.15) is 0 Å². The van der Waals surface area contributed by atoms with E-state index in [1.807, 2.05) is 22.9 Å². The molecule has 0 aromatic carbocycles. The molecule has 1 aromatic rings. The molecule has 2 heteroatoms. The Balaban J connectivity index is 0.000000112. The summed E-state index contributed by atoms with van der Waals surface area (Å²) in [4.78, 5) is 0. The van der Waals surface area contributed by atoms with Crippen LogP contribution in [0.4, 0.5) is 0 Å². The average molecular weight is 245 g/mol. The summed E-state index contributed by atoms with van der Waals surface area (Å²) in [5, 5.41) is 4.08. The first-order valence-electron chi connectivity index (χ1n) is 3.37. The van der Waals surface area contributed by atoms with E-state index in [0.29, 0.717) is 4.31 Å². The number of thiophene rings is 1. The van der Waals surface area contributed by atoms with Crippen molar-refractivity contribution in [1.29, 1.82) is 0 Å². The minimum Gasteiger partial charge on any atom is -0.152 e. The molecule has 11 heavy (non-hydrogen) atoms.